The molecule has 0 aromatic carbocycles. The zero-order valence-corrected chi connectivity index (χ0v) is 14.2. The summed E-state index contributed by atoms with van der Waals surface area (Å²) >= 11 is 8.29. The van der Waals surface area contributed by atoms with E-state index in [1.54, 1.807) is 0 Å². The molecule has 0 aliphatic rings. The Morgan fingerprint density at radius 1 is 1.37 bits per heavy atom. The van der Waals surface area contributed by atoms with Crippen molar-refractivity contribution >= 4 is 23.4 Å². The van der Waals surface area contributed by atoms with Gasteiger partial charge in [0.2, 0.25) is 0 Å². The van der Waals surface area contributed by atoms with E-state index in [0.717, 1.165) is 41.5 Å². The molecule has 0 amide bonds. The van der Waals surface area contributed by atoms with Gasteiger partial charge in [0.15, 0.2) is 0 Å². The van der Waals surface area contributed by atoms with Crippen LogP contribution in [0, 0.1) is 0 Å². The number of hydrogen-bond donors (Lipinski definition) is 1. The third-order valence-electron chi connectivity index (χ3n) is 2.88. The minimum atomic E-state index is 0.119. The van der Waals surface area contributed by atoms with Gasteiger partial charge in [-0.05, 0) is 13.3 Å². The summed E-state index contributed by atoms with van der Waals surface area (Å²) in [6, 6.07) is 0.119. The SMILES string of the molecule is CCc1nn(CC)c(CC(N)CSC(C)(C)C)c1Cl. The van der Waals surface area contributed by atoms with Crippen LogP contribution in [0.5, 0.6) is 0 Å². The van der Waals surface area contributed by atoms with Gasteiger partial charge in [-0.3, -0.25) is 4.68 Å². The molecule has 0 aliphatic heterocycles. The number of nitrogens with zero attached hydrogens (tertiary/aromatic N) is 2. The Hall–Kier alpha value is -0.190. The Labute approximate surface area is 126 Å². The molecule has 1 aromatic rings. The molecule has 0 radical (unpaired) electrons. The number of aromatic nitrogens is 2. The highest BCUT2D eigenvalue weighted by Crippen LogP contribution is 2.26. The molecule has 1 heterocycles. The van der Waals surface area contributed by atoms with Crippen molar-refractivity contribution in [1.82, 2.24) is 9.78 Å². The Bertz CT molecular complexity index is 410. The molecule has 1 atom stereocenters. The van der Waals surface area contributed by atoms with Crippen LogP contribution in [0.25, 0.3) is 0 Å². The van der Waals surface area contributed by atoms with Crippen LogP contribution in [0.2, 0.25) is 5.02 Å². The lowest BCUT2D eigenvalue weighted by molar-refractivity contribution is 0.591. The lowest BCUT2D eigenvalue weighted by Gasteiger charge is -2.20. The zero-order valence-electron chi connectivity index (χ0n) is 12.7. The van der Waals surface area contributed by atoms with Crippen LogP contribution in [0.3, 0.4) is 0 Å². The maximum absolute atomic E-state index is 6.40. The van der Waals surface area contributed by atoms with Gasteiger partial charge in [-0.1, -0.05) is 39.3 Å². The molecule has 0 saturated carbocycles. The first kappa shape index (κ1) is 16.9. The summed E-state index contributed by atoms with van der Waals surface area (Å²) in [5, 5.41) is 5.34. The topological polar surface area (TPSA) is 43.8 Å². The highest BCUT2D eigenvalue weighted by atomic mass is 35.5. The molecule has 3 nitrogen and oxygen atoms in total. The van der Waals surface area contributed by atoms with Crippen molar-refractivity contribution in [3.8, 4) is 0 Å². The van der Waals surface area contributed by atoms with Gasteiger partial charge >= 0.3 is 0 Å². The molecule has 19 heavy (non-hydrogen) atoms. The zero-order chi connectivity index (χ0) is 14.6. The number of halogens is 1. The van der Waals surface area contributed by atoms with E-state index in [2.05, 4.69) is 39.7 Å². The number of rotatable bonds is 6. The van der Waals surface area contributed by atoms with E-state index in [-0.39, 0.29) is 10.8 Å². The van der Waals surface area contributed by atoms with E-state index in [4.69, 9.17) is 17.3 Å². The van der Waals surface area contributed by atoms with Gasteiger partial charge < -0.3 is 5.73 Å². The Morgan fingerprint density at radius 3 is 2.47 bits per heavy atom. The summed E-state index contributed by atoms with van der Waals surface area (Å²) in [4.78, 5) is 0. The maximum Gasteiger partial charge on any atom is 0.0850 e. The second-order valence-corrected chi connectivity index (χ2v) is 7.99. The third-order valence-corrected chi connectivity index (χ3v) is 4.78. The summed E-state index contributed by atoms with van der Waals surface area (Å²) in [5.41, 5.74) is 8.30. The van der Waals surface area contributed by atoms with Crippen molar-refractivity contribution in [2.75, 3.05) is 5.75 Å². The maximum atomic E-state index is 6.40. The van der Waals surface area contributed by atoms with E-state index in [1.165, 1.54) is 0 Å². The molecule has 2 N–H and O–H groups in total. The van der Waals surface area contributed by atoms with Crippen LogP contribution in [0.1, 0.15) is 46.0 Å². The molecule has 1 unspecified atom stereocenters. The van der Waals surface area contributed by atoms with Gasteiger partial charge in [-0.2, -0.15) is 16.9 Å². The van der Waals surface area contributed by atoms with E-state index in [1.807, 2.05) is 16.4 Å². The van der Waals surface area contributed by atoms with Crippen LogP contribution < -0.4 is 5.73 Å². The third kappa shape index (κ3) is 5.01. The van der Waals surface area contributed by atoms with E-state index >= 15 is 0 Å². The van der Waals surface area contributed by atoms with Crippen molar-refractivity contribution in [2.24, 2.45) is 5.73 Å². The van der Waals surface area contributed by atoms with Crippen molar-refractivity contribution < 1.29 is 0 Å². The monoisotopic (exact) mass is 303 g/mol. The summed E-state index contributed by atoms with van der Waals surface area (Å²) in [6.07, 6.45) is 1.66. The highest BCUT2D eigenvalue weighted by molar-refractivity contribution is 8.00. The summed E-state index contributed by atoms with van der Waals surface area (Å²) in [7, 11) is 0. The first-order chi connectivity index (χ1) is 8.78. The molecule has 1 rings (SSSR count). The second kappa shape index (κ2) is 7.00. The largest absolute Gasteiger partial charge is 0.327 e. The molecular formula is C14H26ClN3S. The minimum Gasteiger partial charge on any atom is -0.327 e. The van der Waals surface area contributed by atoms with Crippen LogP contribution in [-0.4, -0.2) is 26.3 Å². The van der Waals surface area contributed by atoms with Gasteiger partial charge in [-0.25, -0.2) is 0 Å². The van der Waals surface area contributed by atoms with Crippen LogP contribution in [0.15, 0.2) is 0 Å². The first-order valence-electron chi connectivity index (χ1n) is 6.92. The fourth-order valence-electron chi connectivity index (χ4n) is 1.88. The van der Waals surface area contributed by atoms with Crippen molar-refractivity contribution in [2.45, 2.75) is 64.8 Å². The summed E-state index contributed by atoms with van der Waals surface area (Å²) in [6.45, 7) is 11.6. The lowest BCUT2D eigenvalue weighted by Crippen LogP contribution is -2.29. The van der Waals surface area contributed by atoms with Crippen LogP contribution in [-0.2, 0) is 19.4 Å². The Kier molecular flexibility index (Phi) is 6.21. The molecule has 110 valence electrons. The normalized spacial score (nSPS) is 13.8. The average Bonchev–Trinajstić information content (AvgIpc) is 2.63. The number of aryl methyl sites for hydroxylation is 2. The fraction of sp³-hybridized carbons (Fsp3) is 0.786. The van der Waals surface area contributed by atoms with Gasteiger partial charge in [0.25, 0.3) is 0 Å². The van der Waals surface area contributed by atoms with Gasteiger partial charge in [0, 0.05) is 29.5 Å². The molecule has 0 bridgehead atoms. The second-order valence-electron chi connectivity index (χ2n) is 5.76. The molecular weight excluding hydrogens is 278 g/mol. The minimum absolute atomic E-state index is 0.119. The van der Waals surface area contributed by atoms with E-state index < -0.39 is 0 Å². The molecule has 0 fully saturated rings. The standard InChI is InChI=1S/C14H26ClN3S/c1-6-11-13(15)12(18(7-2)17-11)8-10(16)9-19-14(3,4)5/h10H,6-9,16H2,1-5H3. The predicted octanol–water partition coefficient (Wildman–Crippen LogP) is 3.52. The van der Waals surface area contributed by atoms with Crippen LogP contribution in [0.4, 0.5) is 0 Å². The van der Waals surface area contributed by atoms with E-state index in [9.17, 15) is 0 Å². The van der Waals surface area contributed by atoms with Gasteiger partial charge in [-0.15, -0.1) is 0 Å². The molecule has 0 spiro atoms. The number of thioether (sulfide) groups is 1. The summed E-state index contributed by atoms with van der Waals surface area (Å²) in [5.74, 6) is 0.941. The van der Waals surface area contributed by atoms with E-state index in [0.29, 0.717) is 0 Å². The average molecular weight is 304 g/mol. The van der Waals surface area contributed by atoms with Crippen molar-refractivity contribution in [3.05, 3.63) is 16.4 Å². The fourth-order valence-corrected chi connectivity index (χ4v) is 3.05. The molecule has 0 saturated heterocycles. The van der Waals surface area contributed by atoms with Crippen molar-refractivity contribution in [3.63, 3.8) is 0 Å². The molecule has 0 aliphatic carbocycles. The lowest BCUT2D eigenvalue weighted by atomic mass is 10.1. The highest BCUT2D eigenvalue weighted by Gasteiger charge is 2.19. The Morgan fingerprint density at radius 2 is 2.00 bits per heavy atom. The predicted molar refractivity (Wildman–Crippen MR) is 86.2 cm³/mol. The van der Waals surface area contributed by atoms with Gasteiger partial charge in [0.05, 0.1) is 16.4 Å². The molecule has 5 heteroatoms. The first-order valence-corrected chi connectivity index (χ1v) is 8.28. The van der Waals surface area contributed by atoms with Crippen LogP contribution >= 0.6 is 23.4 Å². The quantitative estimate of drug-likeness (QED) is 0.874. The van der Waals surface area contributed by atoms with Gasteiger partial charge in [0.1, 0.15) is 0 Å². The number of nitrogens with two attached hydrogens (primary N) is 1. The smallest absolute Gasteiger partial charge is 0.0850 e. The summed E-state index contributed by atoms with van der Waals surface area (Å²) < 4.78 is 2.24. The molecule has 1 aromatic heterocycles. The van der Waals surface area contributed by atoms with Crippen molar-refractivity contribution in [1.29, 1.82) is 0 Å². The Balaban J connectivity index is 2.73. The number of hydrogen-bond acceptors (Lipinski definition) is 3.